The van der Waals surface area contributed by atoms with Crippen molar-refractivity contribution >= 4 is 38.7 Å². The second-order valence-electron chi connectivity index (χ2n) is 3.90. The predicted molar refractivity (Wildman–Crippen MR) is 77.9 cm³/mol. The molecule has 0 bridgehead atoms. The van der Waals surface area contributed by atoms with E-state index in [1.165, 1.54) is 16.8 Å². The van der Waals surface area contributed by atoms with E-state index in [4.69, 9.17) is 0 Å². The van der Waals surface area contributed by atoms with Crippen molar-refractivity contribution in [3.8, 4) is 0 Å². The monoisotopic (exact) mass is 348 g/mol. The summed E-state index contributed by atoms with van der Waals surface area (Å²) >= 11 is 2.21. The molecule has 2 heterocycles. The van der Waals surface area contributed by atoms with E-state index in [1.54, 1.807) is 16.8 Å². The first-order valence-electron chi connectivity index (χ1n) is 5.67. The summed E-state index contributed by atoms with van der Waals surface area (Å²) in [7, 11) is -2.80. The van der Waals surface area contributed by atoms with E-state index in [-0.39, 0.29) is 16.4 Å². The fraction of sp³-hybridized carbons (Fsp3) is 0.273. The zero-order chi connectivity index (χ0) is 15.5. The molecule has 0 spiro atoms. The Labute approximate surface area is 129 Å². The lowest BCUT2D eigenvalue weighted by molar-refractivity contribution is 0.0590. The Balaban J connectivity index is 2.12. The van der Waals surface area contributed by atoms with Crippen molar-refractivity contribution in [1.29, 1.82) is 0 Å². The van der Waals surface area contributed by atoms with Gasteiger partial charge in [-0.25, -0.2) is 22.9 Å². The van der Waals surface area contributed by atoms with Crippen LogP contribution in [0.5, 0.6) is 0 Å². The number of nitrogens with one attached hydrogen (secondary N) is 1. The highest BCUT2D eigenvalue weighted by molar-refractivity contribution is 7.91. The van der Waals surface area contributed by atoms with E-state index in [2.05, 4.69) is 14.4 Å². The van der Waals surface area contributed by atoms with Crippen LogP contribution in [0.1, 0.15) is 22.2 Å². The van der Waals surface area contributed by atoms with Crippen LogP contribution in [-0.2, 0) is 14.8 Å². The van der Waals surface area contributed by atoms with Gasteiger partial charge in [0.2, 0.25) is 0 Å². The molecule has 2 N–H and O–H groups in total. The van der Waals surface area contributed by atoms with Crippen LogP contribution >= 0.6 is 22.7 Å². The number of ether oxygens (including phenoxy) is 1. The van der Waals surface area contributed by atoms with Crippen LogP contribution in [0.2, 0.25) is 0 Å². The lowest BCUT2D eigenvalue weighted by Gasteiger charge is -2.10. The normalized spacial score (nSPS) is 13.0. The summed E-state index contributed by atoms with van der Waals surface area (Å²) < 4.78 is 30.8. The summed E-state index contributed by atoms with van der Waals surface area (Å²) in [5, 5.41) is 13.4. The van der Waals surface area contributed by atoms with E-state index in [1.807, 2.05) is 0 Å². The summed E-state index contributed by atoms with van der Waals surface area (Å²) in [6.07, 6.45) is -0.958. The minimum atomic E-state index is -3.94. The van der Waals surface area contributed by atoms with Crippen molar-refractivity contribution in [2.45, 2.75) is 10.3 Å². The van der Waals surface area contributed by atoms with E-state index in [9.17, 15) is 18.3 Å². The molecule has 2 aromatic heterocycles. The number of methoxy groups -OCH3 is 1. The number of thiophene rings is 1. The highest BCUT2D eigenvalue weighted by Crippen LogP contribution is 2.21. The minimum Gasteiger partial charge on any atom is -0.464 e. The number of sulfonamides is 1. The average molecular weight is 348 g/mol. The molecule has 1 atom stereocenters. The second kappa shape index (κ2) is 6.62. The van der Waals surface area contributed by atoms with Gasteiger partial charge in [0.05, 0.1) is 18.7 Å². The quantitative estimate of drug-likeness (QED) is 0.755. The summed E-state index contributed by atoms with van der Waals surface area (Å²) in [5.41, 5.74) is 1.61. The number of hydrogen-bond acceptors (Lipinski definition) is 8. The molecule has 0 saturated carbocycles. The molecule has 114 valence electrons. The predicted octanol–water partition coefficient (Wildman–Crippen LogP) is 1.00. The molecule has 0 saturated heterocycles. The smallest absolute Gasteiger partial charge is 0.358 e. The third-order valence-electron chi connectivity index (χ3n) is 2.55. The third-order valence-corrected chi connectivity index (χ3v) is 6.05. The van der Waals surface area contributed by atoms with Gasteiger partial charge in [-0.1, -0.05) is 0 Å². The number of nitrogens with zero attached hydrogens (tertiary/aromatic N) is 1. The Morgan fingerprint density at radius 3 is 2.95 bits per heavy atom. The van der Waals surface area contributed by atoms with Crippen molar-refractivity contribution in [2.24, 2.45) is 0 Å². The van der Waals surface area contributed by atoms with Crippen LogP contribution in [-0.4, -0.2) is 38.1 Å². The van der Waals surface area contributed by atoms with Gasteiger partial charge < -0.3 is 9.84 Å². The maximum absolute atomic E-state index is 12.2. The molecule has 10 heteroatoms. The Morgan fingerprint density at radius 2 is 2.33 bits per heavy atom. The molecule has 0 aromatic carbocycles. The van der Waals surface area contributed by atoms with E-state index in [0.29, 0.717) is 5.56 Å². The summed E-state index contributed by atoms with van der Waals surface area (Å²) in [6.45, 7) is -0.197. The molecule has 0 aliphatic rings. The van der Waals surface area contributed by atoms with Crippen molar-refractivity contribution < 1.29 is 23.1 Å². The van der Waals surface area contributed by atoms with Gasteiger partial charge in [-0.05, 0) is 22.4 Å². The standard InChI is InChI=1S/C11H12N2O5S3/c1-18-10(15)9-11(20-6-12-9)21(16,17)13-4-8(14)7-2-3-19-5-7/h2-3,5-6,8,13-14H,4H2,1H3. The highest BCUT2D eigenvalue weighted by atomic mass is 32.2. The van der Waals surface area contributed by atoms with Crippen molar-refractivity contribution in [3.63, 3.8) is 0 Å². The maximum Gasteiger partial charge on any atom is 0.358 e. The molecule has 2 rings (SSSR count). The fourth-order valence-corrected chi connectivity index (χ4v) is 4.42. The summed E-state index contributed by atoms with van der Waals surface area (Å²) in [5.74, 6) is -0.824. The van der Waals surface area contributed by atoms with Gasteiger partial charge in [0.15, 0.2) is 9.90 Å². The zero-order valence-electron chi connectivity index (χ0n) is 10.8. The number of rotatable bonds is 6. The number of carbonyl (C=O) groups is 1. The van der Waals surface area contributed by atoms with Gasteiger partial charge in [-0.3, -0.25) is 0 Å². The molecular formula is C11H12N2O5S3. The number of aromatic nitrogens is 1. The largest absolute Gasteiger partial charge is 0.464 e. The number of aliphatic hydroxyl groups is 1. The van der Waals surface area contributed by atoms with E-state index < -0.39 is 22.1 Å². The minimum absolute atomic E-state index is 0.197. The van der Waals surface area contributed by atoms with Crippen molar-refractivity contribution in [2.75, 3.05) is 13.7 Å². The molecular weight excluding hydrogens is 336 g/mol. The van der Waals surface area contributed by atoms with Gasteiger partial charge >= 0.3 is 5.97 Å². The molecule has 0 radical (unpaired) electrons. The first kappa shape index (κ1) is 16.0. The van der Waals surface area contributed by atoms with E-state index in [0.717, 1.165) is 18.4 Å². The topological polar surface area (TPSA) is 106 Å². The molecule has 0 aliphatic heterocycles. The maximum atomic E-state index is 12.2. The average Bonchev–Trinajstić information content (AvgIpc) is 3.14. The highest BCUT2D eigenvalue weighted by Gasteiger charge is 2.27. The van der Waals surface area contributed by atoms with Crippen molar-refractivity contribution in [3.05, 3.63) is 33.6 Å². The molecule has 1 unspecified atom stereocenters. The number of carbonyl (C=O) groups excluding carboxylic acids is 1. The lowest BCUT2D eigenvalue weighted by Crippen LogP contribution is -2.29. The Kier molecular flexibility index (Phi) is 5.06. The number of esters is 1. The van der Waals surface area contributed by atoms with Crippen LogP contribution in [0.3, 0.4) is 0 Å². The second-order valence-corrected chi connectivity index (χ2v) is 7.50. The molecule has 0 amide bonds. The van der Waals surface area contributed by atoms with Crippen LogP contribution in [0.15, 0.2) is 26.5 Å². The molecule has 0 aliphatic carbocycles. The Bertz CT molecular complexity index is 708. The third kappa shape index (κ3) is 3.66. The fourth-order valence-electron chi connectivity index (χ4n) is 1.50. The lowest BCUT2D eigenvalue weighted by atomic mass is 10.2. The number of aliphatic hydroxyl groups excluding tert-OH is 1. The zero-order valence-corrected chi connectivity index (χ0v) is 13.3. The number of thiazole rings is 1. The van der Waals surface area contributed by atoms with Gasteiger partial charge in [-0.15, -0.1) is 11.3 Å². The van der Waals surface area contributed by atoms with Gasteiger partial charge in [0.25, 0.3) is 10.0 Å². The van der Waals surface area contributed by atoms with Gasteiger partial charge in [0.1, 0.15) is 0 Å². The molecule has 0 fully saturated rings. The number of hydrogen-bond donors (Lipinski definition) is 2. The van der Waals surface area contributed by atoms with E-state index >= 15 is 0 Å². The van der Waals surface area contributed by atoms with Crippen LogP contribution < -0.4 is 4.72 Å². The summed E-state index contributed by atoms with van der Waals surface area (Å²) in [6, 6.07) is 1.70. The Morgan fingerprint density at radius 1 is 1.57 bits per heavy atom. The van der Waals surface area contributed by atoms with Crippen LogP contribution in [0.25, 0.3) is 0 Å². The van der Waals surface area contributed by atoms with Gasteiger partial charge in [0, 0.05) is 6.54 Å². The molecule has 7 nitrogen and oxygen atoms in total. The molecule has 2 aromatic rings. The molecule has 21 heavy (non-hydrogen) atoms. The summed E-state index contributed by atoms with van der Waals surface area (Å²) in [4.78, 5) is 15.1. The van der Waals surface area contributed by atoms with Crippen LogP contribution in [0, 0.1) is 0 Å². The Hall–Kier alpha value is -1.33. The first-order chi connectivity index (χ1) is 9.95. The first-order valence-corrected chi connectivity index (χ1v) is 8.98. The van der Waals surface area contributed by atoms with Gasteiger partial charge in [-0.2, -0.15) is 11.3 Å². The SMILES string of the molecule is COC(=O)c1ncsc1S(=O)(=O)NCC(O)c1ccsc1. The van der Waals surface area contributed by atoms with Crippen LogP contribution in [0.4, 0.5) is 0 Å². The van der Waals surface area contributed by atoms with Crippen molar-refractivity contribution in [1.82, 2.24) is 9.71 Å².